The van der Waals surface area contributed by atoms with E-state index in [0.29, 0.717) is 6.54 Å². The molecular formula is C11H21NO2. The number of hydrogen-bond donors (Lipinski definition) is 2. The summed E-state index contributed by atoms with van der Waals surface area (Å²) in [6.07, 6.45) is 5.31. The smallest absolute Gasteiger partial charge is 0.310 e. The zero-order valence-corrected chi connectivity index (χ0v) is 9.18. The van der Waals surface area contributed by atoms with Gasteiger partial charge in [0.25, 0.3) is 0 Å². The van der Waals surface area contributed by atoms with Crippen LogP contribution in [0.1, 0.15) is 39.5 Å². The molecule has 0 bridgehead atoms. The molecule has 0 unspecified atom stereocenters. The van der Waals surface area contributed by atoms with Gasteiger partial charge in [0.1, 0.15) is 0 Å². The van der Waals surface area contributed by atoms with Gasteiger partial charge in [-0.05, 0) is 32.7 Å². The zero-order valence-electron chi connectivity index (χ0n) is 9.18. The lowest BCUT2D eigenvalue weighted by atomic mass is 9.83. The van der Waals surface area contributed by atoms with Crippen molar-refractivity contribution in [1.29, 1.82) is 0 Å². The standard InChI is InChI=1S/C11H21NO2/c1-11(2,10(13)14)8-12-7-6-9-4-3-5-9/h9,12H,3-8H2,1-2H3,(H,13,14). The van der Waals surface area contributed by atoms with Crippen LogP contribution in [0, 0.1) is 11.3 Å². The van der Waals surface area contributed by atoms with Crippen molar-refractivity contribution in [2.24, 2.45) is 11.3 Å². The summed E-state index contributed by atoms with van der Waals surface area (Å²) in [5, 5.41) is 12.1. The van der Waals surface area contributed by atoms with Crippen molar-refractivity contribution < 1.29 is 9.90 Å². The highest BCUT2D eigenvalue weighted by Gasteiger charge is 2.26. The molecule has 0 aromatic rings. The molecule has 0 radical (unpaired) electrons. The summed E-state index contributed by atoms with van der Waals surface area (Å²) in [5.74, 6) is 0.170. The van der Waals surface area contributed by atoms with E-state index in [2.05, 4.69) is 5.32 Å². The zero-order chi connectivity index (χ0) is 10.6. The average molecular weight is 199 g/mol. The van der Waals surface area contributed by atoms with Crippen LogP contribution in [0.2, 0.25) is 0 Å². The highest BCUT2D eigenvalue weighted by molar-refractivity contribution is 5.73. The summed E-state index contributed by atoms with van der Waals surface area (Å²) >= 11 is 0. The topological polar surface area (TPSA) is 49.3 Å². The summed E-state index contributed by atoms with van der Waals surface area (Å²) in [6, 6.07) is 0. The van der Waals surface area contributed by atoms with E-state index in [-0.39, 0.29) is 0 Å². The van der Waals surface area contributed by atoms with Crippen molar-refractivity contribution in [2.75, 3.05) is 13.1 Å². The monoisotopic (exact) mass is 199 g/mol. The largest absolute Gasteiger partial charge is 0.481 e. The Hall–Kier alpha value is -0.570. The molecule has 0 atom stereocenters. The molecule has 0 aromatic heterocycles. The molecule has 0 amide bonds. The lowest BCUT2D eigenvalue weighted by Crippen LogP contribution is -2.37. The third-order valence-electron chi connectivity index (χ3n) is 3.10. The van der Waals surface area contributed by atoms with Crippen LogP contribution >= 0.6 is 0 Å². The van der Waals surface area contributed by atoms with Crippen LogP contribution in [-0.4, -0.2) is 24.2 Å². The minimum atomic E-state index is -0.728. The van der Waals surface area contributed by atoms with Gasteiger partial charge in [-0.1, -0.05) is 19.3 Å². The molecule has 1 saturated carbocycles. The number of carboxylic acid groups (broad SMARTS) is 1. The van der Waals surface area contributed by atoms with Crippen LogP contribution < -0.4 is 5.32 Å². The van der Waals surface area contributed by atoms with Gasteiger partial charge in [0.15, 0.2) is 0 Å². The molecule has 1 rings (SSSR count). The first-order chi connectivity index (χ1) is 6.52. The SMILES string of the molecule is CC(C)(CNCCC1CCC1)C(=O)O. The van der Waals surface area contributed by atoms with Crippen molar-refractivity contribution in [1.82, 2.24) is 5.32 Å². The van der Waals surface area contributed by atoms with Crippen molar-refractivity contribution in [3.8, 4) is 0 Å². The average Bonchev–Trinajstić information content (AvgIpc) is 2.00. The molecule has 0 spiro atoms. The van der Waals surface area contributed by atoms with Gasteiger partial charge in [0, 0.05) is 6.54 Å². The molecule has 3 nitrogen and oxygen atoms in total. The van der Waals surface area contributed by atoms with Crippen molar-refractivity contribution in [3.05, 3.63) is 0 Å². The fourth-order valence-electron chi connectivity index (χ4n) is 1.56. The fourth-order valence-corrected chi connectivity index (χ4v) is 1.56. The van der Waals surface area contributed by atoms with Gasteiger partial charge < -0.3 is 10.4 Å². The second-order valence-corrected chi connectivity index (χ2v) is 4.95. The van der Waals surface area contributed by atoms with E-state index in [1.54, 1.807) is 13.8 Å². The van der Waals surface area contributed by atoms with Crippen LogP contribution in [0.25, 0.3) is 0 Å². The Kier molecular flexibility index (Phi) is 3.93. The van der Waals surface area contributed by atoms with Crippen molar-refractivity contribution >= 4 is 5.97 Å². The highest BCUT2D eigenvalue weighted by Crippen LogP contribution is 2.28. The summed E-state index contributed by atoms with van der Waals surface area (Å²) in [6.45, 7) is 5.04. The fraction of sp³-hybridized carbons (Fsp3) is 0.909. The van der Waals surface area contributed by atoms with Gasteiger partial charge in [-0.25, -0.2) is 0 Å². The summed E-state index contributed by atoms with van der Waals surface area (Å²) in [5.41, 5.74) is -0.639. The Labute approximate surface area is 85.9 Å². The quantitative estimate of drug-likeness (QED) is 0.642. The molecule has 0 saturated heterocycles. The first-order valence-corrected chi connectivity index (χ1v) is 5.46. The first-order valence-electron chi connectivity index (χ1n) is 5.46. The minimum Gasteiger partial charge on any atom is -0.481 e. The van der Waals surface area contributed by atoms with E-state index in [0.717, 1.165) is 12.5 Å². The molecular weight excluding hydrogens is 178 g/mol. The van der Waals surface area contributed by atoms with E-state index in [4.69, 9.17) is 5.11 Å². The second kappa shape index (κ2) is 4.78. The lowest BCUT2D eigenvalue weighted by molar-refractivity contribution is -0.146. The lowest BCUT2D eigenvalue weighted by Gasteiger charge is -2.26. The molecule has 14 heavy (non-hydrogen) atoms. The molecule has 3 heteroatoms. The molecule has 82 valence electrons. The minimum absolute atomic E-state index is 0.565. The van der Waals surface area contributed by atoms with Gasteiger partial charge in [-0.15, -0.1) is 0 Å². The van der Waals surface area contributed by atoms with E-state index in [1.165, 1.54) is 25.7 Å². The normalized spacial score (nSPS) is 17.9. The molecule has 1 fully saturated rings. The number of carboxylic acids is 1. The Morgan fingerprint density at radius 1 is 1.50 bits per heavy atom. The third kappa shape index (κ3) is 3.29. The number of rotatable bonds is 6. The highest BCUT2D eigenvalue weighted by atomic mass is 16.4. The maximum absolute atomic E-state index is 10.8. The van der Waals surface area contributed by atoms with Crippen LogP contribution in [0.3, 0.4) is 0 Å². The Morgan fingerprint density at radius 2 is 2.14 bits per heavy atom. The second-order valence-electron chi connectivity index (χ2n) is 4.95. The Bertz CT molecular complexity index is 197. The summed E-state index contributed by atoms with van der Waals surface area (Å²) in [7, 11) is 0. The first kappa shape index (κ1) is 11.5. The summed E-state index contributed by atoms with van der Waals surface area (Å²) < 4.78 is 0. The maximum atomic E-state index is 10.8. The van der Waals surface area contributed by atoms with Crippen LogP contribution in [0.4, 0.5) is 0 Å². The van der Waals surface area contributed by atoms with E-state index >= 15 is 0 Å². The molecule has 1 aliphatic rings. The van der Waals surface area contributed by atoms with Crippen LogP contribution in [0.5, 0.6) is 0 Å². The number of aliphatic carboxylic acids is 1. The Balaban J connectivity index is 2.04. The van der Waals surface area contributed by atoms with Gasteiger partial charge >= 0.3 is 5.97 Å². The summed E-state index contributed by atoms with van der Waals surface area (Å²) in [4.78, 5) is 10.8. The number of nitrogens with one attached hydrogen (secondary N) is 1. The van der Waals surface area contributed by atoms with Gasteiger partial charge in [-0.2, -0.15) is 0 Å². The van der Waals surface area contributed by atoms with Crippen LogP contribution in [0.15, 0.2) is 0 Å². The maximum Gasteiger partial charge on any atom is 0.310 e. The molecule has 2 N–H and O–H groups in total. The predicted molar refractivity (Wildman–Crippen MR) is 56.2 cm³/mol. The van der Waals surface area contributed by atoms with Gasteiger partial charge in [0.2, 0.25) is 0 Å². The van der Waals surface area contributed by atoms with E-state index in [1.807, 2.05) is 0 Å². The van der Waals surface area contributed by atoms with Crippen LogP contribution in [-0.2, 0) is 4.79 Å². The predicted octanol–water partition coefficient (Wildman–Crippen LogP) is 1.88. The molecule has 0 aromatic carbocycles. The van der Waals surface area contributed by atoms with Gasteiger partial charge in [0.05, 0.1) is 5.41 Å². The number of carbonyl (C=O) groups is 1. The third-order valence-corrected chi connectivity index (χ3v) is 3.10. The molecule has 1 aliphatic carbocycles. The van der Waals surface area contributed by atoms with Crippen molar-refractivity contribution in [2.45, 2.75) is 39.5 Å². The molecule has 0 heterocycles. The number of hydrogen-bond acceptors (Lipinski definition) is 2. The van der Waals surface area contributed by atoms with Gasteiger partial charge in [-0.3, -0.25) is 4.79 Å². The van der Waals surface area contributed by atoms with Crippen molar-refractivity contribution in [3.63, 3.8) is 0 Å². The molecule has 0 aliphatic heterocycles. The Morgan fingerprint density at radius 3 is 2.57 bits per heavy atom. The van der Waals surface area contributed by atoms with E-state index < -0.39 is 11.4 Å². The van der Waals surface area contributed by atoms with E-state index in [9.17, 15) is 4.79 Å².